The Morgan fingerprint density at radius 1 is 1.17 bits per heavy atom. The van der Waals surface area contributed by atoms with Gasteiger partial charge in [0, 0.05) is 30.5 Å². The van der Waals surface area contributed by atoms with Gasteiger partial charge in [-0.3, -0.25) is 14.6 Å². The quantitative estimate of drug-likeness (QED) is 0.523. The average Bonchev–Trinajstić information content (AvgIpc) is 3.61. The third kappa shape index (κ3) is 5.11. The van der Waals surface area contributed by atoms with Crippen molar-refractivity contribution in [3.05, 3.63) is 84.1 Å². The summed E-state index contributed by atoms with van der Waals surface area (Å²) in [6.07, 6.45) is 11.6. The van der Waals surface area contributed by atoms with Gasteiger partial charge in [-0.1, -0.05) is 37.5 Å². The zero-order valence-electron chi connectivity index (χ0n) is 19.5. The first-order valence-corrected chi connectivity index (χ1v) is 12.2. The van der Waals surface area contributed by atoms with Crippen molar-refractivity contribution >= 4 is 11.8 Å². The fourth-order valence-corrected chi connectivity index (χ4v) is 5.80. The molecule has 182 valence electrons. The van der Waals surface area contributed by atoms with Crippen LogP contribution >= 0.6 is 0 Å². The van der Waals surface area contributed by atoms with Crippen LogP contribution in [0.2, 0.25) is 0 Å². The summed E-state index contributed by atoms with van der Waals surface area (Å²) in [6, 6.07) is 8.99. The average molecular weight is 477 g/mol. The van der Waals surface area contributed by atoms with E-state index in [1.54, 1.807) is 29.4 Å². The predicted octanol–water partition coefficient (Wildman–Crippen LogP) is 4.33. The number of nitrogens with zero attached hydrogens (tertiary/aromatic N) is 3. The van der Waals surface area contributed by atoms with Crippen LogP contribution in [0, 0.1) is 17.7 Å². The Balaban J connectivity index is 1.42. The zero-order chi connectivity index (χ0) is 24.2. The maximum atomic E-state index is 13.7. The SMILES string of the molecule is O=C(NCCc1cccc(F)c1)C(c1cccnc1)N(C(=O)c1cocn1)C1CC2CCCC2C1. The Hall–Kier alpha value is -3.55. The molecule has 2 saturated carbocycles. The summed E-state index contributed by atoms with van der Waals surface area (Å²) in [5.74, 6) is 0.246. The molecule has 0 spiro atoms. The smallest absolute Gasteiger partial charge is 0.277 e. The molecule has 2 aliphatic rings. The number of hydrogen-bond acceptors (Lipinski definition) is 5. The van der Waals surface area contributed by atoms with Crippen LogP contribution in [0.15, 0.2) is 65.9 Å². The van der Waals surface area contributed by atoms with Gasteiger partial charge in [-0.2, -0.15) is 0 Å². The van der Waals surface area contributed by atoms with Gasteiger partial charge < -0.3 is 14.6 Å². The van der Waals surface area contributed by atoms with Crippen molar-refractivity contribution in [1.82, 2.24) is 20.2 Å². The van der Waals surface area contributed by atoms with E-state index in [0.717, 1.165) is 18.4 Å². The number of pyridine rings is 1. The Bertz CT molecular complexity index is 1140. The maximum absolute atomic E-state index is 13.7. The molecule has 35 heavy (non-hydrogen) atoms. The van der Waals surface area contributed by atoms with Crippen molar-refractivity contribution in [2.75, 3.05) is 6.54 Å². The number of hydrogen-bond donors (Lipinski definition) is 1. The summed E-state index contributed by atoms with van der Waals surface area (Å²) in [5.41, 5.74) is 1.62. The summed E-state index contributed by atoms with van der Waals surface area (Å²) in [7, 11) is 0. The minimum Gasteiger partial charge on any atom is -0.451 e. The molecule has 0 bridgehead atoms. The molecule has 3 atom stereocenters. The highest BCUT2D eigenvalue weighted by molar-refractivity contribution is 5.96. The molecule has 1 N–H and O–H groups in total. The molecule has 2 aliphatic carbocycles. The van der Waals surface area contributed by atoms with Gasteiger partial charge in [-0.25, -0.2) is 9.37 Å². The zero-order valence-corrected chi connectivity index (χ0v) is 19.5. The van der Waals surface area contributed by atoms with E-state index in [-0.39, 0.29) is 29.4 Å². The molecule has 2 heterocycles. The van der Waals surface area contributed by atoms with Crippen molar-refractivity contribution in [2.24, 2.45) is 11.8 Å². The van der Waals surface area contributed by atoms with Crippen LogP contribution < -0.4 is 5.32 Å². The van der Waals surface area contributed by atoms with Gasteiger partial charge in [0.25, 0.3) is 5.91 Å². The molecule has 0 radical (unpaired) electrons. The minimum absolute atomic E-state index is 0.0753. The number of oxazole rings is 1. The summed E-state index contributed by atoms with van der Waals surface area (Å²) in [5, 5.41) is 2.98. The predicted molar refractivity (Wildman–Crippen MR) is 127 cm³/mol. The van der Waals surface area contributed by atoms with Crippen molar-refractivity contribution in [1.29, 1.82) is 0 Å². The highest BCUT2D eigenvalue weighted by atomic mass is 19.1. The summed E-state index contributed by atoms with van der Waals surface area (Å²) >= 11 is 0. The number of fused-ring (bicyclic) bond motifs is 1. The minimum atomic E-state index is -0.857. The summed E-state index contributed by atoms with van der Waals surface area (Å²) in [4.78, 5) is 37.4. The topological polar surface area (TPSA) is 88.3 Å². The van der Waals surface area contributed by atoms with E-state index in [9.17, 15) is 14.0 Å². The second-order valence-corrected chi connectivity index (χ2v) is 9.52. The molecule has 2 aromatic heterocycles. The van der Waals surface area contributed by atoms with Gasteiger partial charge in [0.05, 0.1) is 0 Å². The number of halogens is 1. The molecule has 0 aliphatic heterocycles. The van der Waals surface area contributed by atoms with Crippen LogP contribution in [-0.4, -0.2) is 39.3 Å². The molecule has 0 saturated heterocycles. The molecule has 2 amide bonds. The summed E-state index contributed by atoms with van der Waals surface area (Å²) in [6.45, 7) is 0.320. The lowest BCUT2D eigenvalue weighted by Gasteiger charge is -2.36. The lowest BCUT2D eigenvalue weighted by atomic mass is 10.0. The van der Waals surface area contributed by atoms with Crippen molar-refractivity contribution < 1.29 is 18.4 Å². The molecular weight excluding hydrogens is 447 g/mol. The normalized spacial score (nSPS) is 21.9. The number of carbonyl (C=O) groups excluding carboxylic acids is 2. The third-order valence-electron chi connectivity index (χ3n) is 7.37. The molecule has 5 rings (SSSR count). The van der Waals surface area contributed by atoms with Gasteiger partial charge in [0.1, 0.15) is 18.1 Å². The van der Waals surface area contributed by atoms with Crippen molar-refractivity contribution in [3.8, 4) is 0 Å². The van der Waals surface area contributed by atoms with Gasteiger partial charge in [-0.15, -0.1) is 0 Å². The van der Waals surface area contributed by atoms with E-state index in [0.29, 0.717) is 30.4 Å². The van der Waals surface area contributed by atoms with Crippen LogP contribution in [0.4, 0.5) is 4.39 Å². The molecule has 8 heteroatoms. The fourth-order valence-electron chi connectivity index (χ4n) is 5.80. The highest BCUT2D eigenvalue weighted by Crippen LogP contribution is 2.47. The number of carbonyl (C=O) groups is 2. The molecule has 1 aromatic carbocycles. The van der Waals surface area contributed by atoms with Gasteiger partial charge in [0.2, 0.25) is 5.91 Å². The largest absolute Gasteiger partial charge is 0.451 e. The van der Waals surface area contributed by atoms with Crippen LogP contribution in [-0.2, 0) is 11.2 Å². The second-order valence-electron chi connectivity index (χ2n) is 9.52. The first-order chi connectivity index (χ1) is 17.1. The van der Waals surface area contributed by atoms with E-state index >= 15 is 0 Å². The summed E-state index contributed by atoms with van der Waals surface area (Å²) < 4.78 is 18.6. The number of nitrogens with one attached hydrogen (secondary N) is 1. The monoisotopic (exact) mass is 476 g/mol. The van der Waals surface area contributed by atoms with E-state index in [1.807, 2.05) is 12.1 Å². The Morgan fingerprint density at radius 3 is 2.69 bits per heavy atom. The molecule has 3 unspecified atom stereocenters. The highest BCUT2D eigenvalue weighted by Gasteiger charge is 2.45. The van der Waals surface area contributed by atoms with E-state index < -0.39 is 6.04 Å². The lowest BCUT2D eigenvalue weighted by molar-refractivity contribution is -0.126. The number of aromatic nitrogens is 2. The van der Waals surface area contributed by atoms with Crippen LogP contribution in [0.5, 0.6) is 0 Å². The number of rotatable bonds is 8. The van der Waals surface area contributed by atoms with Crippen LogP contribution in [0.25, 0.3) is 0 Å². The maximum Gasteiger partial charge on any atom is 0.277 e. The Labute approximate surface area is 203 Å². The number of amides is 2. The van der Waals surface area contributed by atoms with Crippen LogP contribution in [0.3, 0.4) is 0 Å². The molecule has 2 fully saturated rings. The molecule has 3 aromatic rings. The van der Waals surface area contributed by atoms with E-state index in [1.165, 1.54) is 44.1 Å². The molecular formula is C27H29FN4O3. The molecule has 7 nitrogen and oxygen atoms in total. The number of benzene rings is 1. The standard InChI is InChI=1S/C27H29FN4O3/c28-22-8-1-4-18(12-22)9-11-30-26(33)25(21-7-3-10-29-15-21)32(27(34)24-16-35-17-31-24)23-13-19-5-2-6-20(19)14-23/h1,3-4,7-8,10,12,15-17,19-20,23,25H,2,5-6,9,11,13-14H2,(H,30,33). The first-order valence-electron chi connectivity index (χ1n) is 12.2. The fraction of sp³-hybridized carbons (Fsp3) is 0.407. The van der Waals surface area contributed by atoms with E-state index in [2.05, 4.69) is 15.3 Å². The van der Waals surface area contributed by atoms with Crippen LogP contribution in [0.1, 0.15) is 59.8 Å². The van der Waals surface area contributed by atoms with Crippen molar-refractivity contribution in [3.63, 3.8) is 0 Å². The Morgan fingerprint density at radius 2 is 2.00 bits per heavy atom. The Kier molecular flexibility index (Phi) is 6.88. The van der Waals surface area contributed by atoms with Crippen molar-refractivity contribution in [2.45, 2.75) is 50.6 Å². The third-order valence-corrected chi connectivity index (χ3v) is 7.37. The van der Waals surface area contributed by atoms with Gasteiger partial charge >= 0.3 is 0 Å². The van der Waals surface area contributed by atoms with E-state index in [4.69, 9.17) is 4.42 Å². The lowest BCUT2D eigenvalue weighted by Crippen LogP contribution is -2.48. The van der Waals surface area contributed by atoms with Gasteiger partial charge in [0.15, 0.2) is 12.1 Å². The van der Waals surface area contributed by atoms with Gasteiger partial charge in [-0.05, 0) is 54.9 Å². The second kappa shape index (κ2) is 10.4. The first kappa shape index (κ1) is 23.2.